The third-order valence-electron chi connectivity index (χ3n) is 5.71. The predicted molar refractivity (Wildman–Crippen MR) is 112 cm³/mol. The highest BCUT2D eigenvalue weighted by molar-refractivity contribution is 5.77. The topological polar surface area (TPSA) is 77.0 Å². The number of carbonyl (C=O) groups excluding carboxylic acids is 1. The number of hydrogen-bond acceptors (Lipinski definition) is 4. The monoisotopic (exact) mass is 425 g/mol. The Kier molecular flexibility index (Phi) is 6.08. The van der Waals surface area contributed by atoms with Crippen molar-refractivity contribution in [3.63, 3.8) is 0 Å². The van der Waals surface area contributed by atoms with Crippen LogP contribution in [0.25, 0.3) is 0 Å². The predicted octanol–water partition coefficient (Wildman–Crippen LogP) is 2.78. The minimum absolute atomic E-state index is 0.0486. The van der Waals surface area contributed by atoms with Gasteiger partial charge in [0.25, 0.3) is 0 Å². The summed E-state index contributed by atoms with van der Waals surface area (Å²) in [6, 6.07) is 13.2. The van der Waals surface area contributed by atoms with Crippen molar-refractivity contribution in [3.05, 3.63) is 82.9 Å². The Morgan fingerprint density at radius 1 is 1.13 bits per heavy atom. The summed E-state index contributed by atoms with van der Waals surface area (Å²) in [6.45, 7) is 2.90. The number of aromatic nitrogens is 3. The van der Waals surface area contributed by atoms with Crippen LogP contribution in [0.5, 0.6) is 0 Å². The molecule has 2 atom stereocenters. The molecule has 8 heteroatoms. The maximum atomic E-state index is 13.5. The molecule has 31 heavy (non-hydrogen) atoms. The number of nitrogens with zero attached hydrogens (tertiary/aromatic N) is 4. The van der Waals surface area contributed by atoms with Gasteiger partial charge in [-0.2, -0.15) is 0 Å². The fraction of sp³-hybridized carbons (Fsp3) is 0.348. The molecule has 1 aromatic heterocycles. The van der Waals surface area contributed by atoms with Crippen LogP contribution in [0.2, 0.25) is 0 Å². The van der Waals surface area contributed by atoms with E-state index in [1.54, 1.807) is 0 Å². The van der Waals surface area contributed by atoms with Crippen molar-refractivity contribution in [1.82, 2.24) is 19.7 Å². The molecule has 3 aromatic rings. The van der Waals surface area contributed by atoms with E-state index in [1.165, 1.54) is 6.07 Å². The SMILES string of the molecule is Cc1nnc2n1CC(Cc1ccccc1)N(C(=O)C[C@H](N)Cc1ccc(F)c(F)c1)C2. The van der Waals surface area contributed by atoms with Gasteiger partial charge in [-0.3, -0.25) is 4.79 Å². The third-order valence-corrected chi connectivity index (χ3v) is 5.71. The van der Waals surface area contributed by atoms with Crippen molar-refractivity contribution in [1.29, 1.82) is 0 Å². The van der Waals surface area contributed by atoms with Crippen molar-refractivity contribution < 1.29 is 13.6 Å². The van der Waals surface area contributed by atoms with Gasteiger partial charge < -0.3 is 15.2 Å². The van der Waals surface area contributed by atoms with Crippen LogP contribution in [0, 0.1) is 18.6 Å². The minimum atomic E-state index is -0.912. The van der Waals surface area contributed by atoms with Gasteiger partial charge in [0.15, 0.2) is 17.5 Å². The van der Waals surface area contributed by atoms with E-state index in [2.05, 4.69) is 14.8 Å². The zero-order chi connectivity index (χ0) is 22.0. The van der Waals surface area contributed by atoms with E-state index >= 15 is 0 Å². The van der Waals surface area contributed by atoms with Gasteiger partial charge in [-0.25, -0.2) is 8.78 Å². The zero-order valence-corrected chi connectivity index (χ0v) is 17.3. The minimum Gasteiger partial charge on any atom is -0.330 e. The average Bonchev–Trinajstić information content (AvgIpc) is 3.11. The fourth-order valence-corrected chi connectivity index (χ4v) is 4.11. The molecule has 0 spiro atoms. The largest absolute Gasteiger partial charge is 0.330 e. The summed E-state index contributed by atoms with van der Waals surface area (Å²) in [4.78, 5) is 15.0. The van der Waals surface area contributed by atoms with Crippen molar-refractivity contribution in [3.8, 4) is 0 Å². The van der Waals surface area contributed by atoms with Crippen molar-refractivity contribution in [2.75, 3.05) is 0 Å². The van der Waals surface area contributed by atoms with E-state index in [0.717, 1.165) is 29.3 Å². The number of carbonyl (C=O) groups is 1. The van der Waals surface area contributed by atoms with Gasteiger partial charge in [-0.1, -0.05) is 36.4 Å². The number of aryl methyl sites for hydroxylation is 1. The number of rotatable bonds is 6. The molecule has 1 amide bonds. The Morgan fingerprint density at radius 2 is 1.90 bits per heavy atom. The first-order valence-electron chi connectivity index (χ1n) is 10.3. The van der Waals surface area contributed by atoms with Gasteiger partial charge in [-0.15, -0.1) is 10.2 Å². The summed E-state index contributed by atoms with van der Waals surface area (Å²) < 4.78 is 28.7. The molecule has 0 bridgehead atoms. The quantitative estimate of drug-likeness (QED) is 0.659. The van der Waals surface area contributed by atoms with E-state index in [9.17, 15) is 13.6 Å². The smallest absolute Gasteiger partial charge is 0.224 e. The lowest BCUT2D eigenvalue weighted by molar-refractivity contribution is -0.136. The number of hydrogen-bond donors (Lipinski definition) is 1. The molecule has 2 aromatic carbocycles. The van der Waals surface area contributed by atoms with Gasteiger partial charge >= 0.3 is 0 Å². The van der Waals surface area contributed by atoms with Crippen LogP contribution in [-0.4, -0.2) is 37.7 Å². The van der Waals surface area contributed by atoms with Crippen LogP contribution >= 0.6 is 0 Å². The lowest BCUT2D eigenvalue weighted by Crippen LogP contribution is -2.49. The lowest BCUT2D eigenvalue weighted by Gasteiger charge is -2.37. The molecule has 0 saturated carbocycles. The number of amides is 1. The average molecular weight is 425 g/mol. The van der Waals surface area contributed by atoms with Crippen molar-refractivity contribution in [2.24, 2.45) is 5.73 Å². The Hall–Kier alpha value is -3.13. The molecule has 2 N–H and O–H groups in total. The van der Waals surface area contributed by atoms with Crippen LogP contribution in [0.4, 0.5) is 8.78 Å². The van der Waals surface area contributed by atoms with E-state index in [4.69, 9.17) is 5.73 Å². The number of nitrogens with two attached hydrogens (primary N) is 1. The van der Waals surface area contributed by atoms with Crippen molar-refractivity contribution in [2.45, 2.75) is 51.4 Å². The maximum Gasteiger partial charge on any atom is 0.224 e. The Balaban J connectivity index is 1.48. The molecule has 4 rings (SSSR count). The second-order valence-electron chi connectivity index (χ2n) is 8.06. The lowest BCUT2D eigenvalue weighted by atomic mass is 10.00. The highest BCUT2D eigenvalue weighted by atomic mass is 19.2. The van der Waals surface area contributed by atoms with Crippen LogP contribution in [0.1, 0.15) is 29.2 Å². The molecule has 0 radical (unpaired) electrons. The molecular weight excluding hydrogens is 400 g/mol. The number of fused-ring (bicyclic) bond motifs is 1. The fourth-order valence-electron chi connectivity index (χ4n) is 4.11. The Morgan fingerprint density at radius 3 is 2.65 bits per heavy atom. The molecule has 162 valence electrons. The van der Waals surface area contributed by atoms with Gasteiger partial charge in [0.1, 0.15) is 5.82 Å². The Labute approximate surface area is 179 Å². The van der Waals surface area contributed by atoms with E-state index < -0.39 is 17.7 Å². The first-order chi connectivity index (χ1) is 14.9. The standard InChI is InChI=1S/C23H25F2N5O/c1-15-27-28-22-14-30(19(13-29(15)22)10-16-5-3-2-4-6-16)23(31)12-18(26)9-17-7-8-20(24)21(25)11-17/h2-8,11,18-19H,9-10,12-14,26H2,1H3/t18-,19?/m1/s1. The van der Waals surface area contributed by atoms with Crippen LogP contribution in [0.15, 0.2) is 48.5 Å². The zero-order valence-electron chi connectivity index (χ0n) is 17.3. The van der Waals surface area contributed by atoms with Crippen LogP contribution in [0.3, 0.4) is 0 Å². The molecule has 0 fully saturated rings. The highest BCUT2D eigenvalue weighted by Crippen LogP contribution is 2.22. The summed E-state index contributed by atoms with van der Waals surface area (Å²) in [5, 5.41) is 8.36. The molecule has 1 unspecified atom stereocenters. The first-order valence-corrected chi connectivity index (χ1v) is 10.3. The van der Waals surface area contributed by atoms with Crippen LogP contribution in [-0.2, 0) is 30.7 Å². The second-order valence-corrected chi connectivity index (χ2v) is 8.06. The molecule has 0 aliphatic carbocycles. The van der Waals surface area contributed by atoms with Gasteiger partial charge in [0, 0.05) is 19.0 Å². The molecular formula is C23H25F2N5O. The molecule has 6 nitrogen and oxygen atoms in total. The van der Waals surface area contributed by atoms with Crippen molar-refractivity contribution >= 4 is 5.91 Å². The summed E-state index contributed by atoms with van der Waals surface area (Å²) in [5.41, 5.74) is 7.91. The molecule has 1 aliphatic rings. The van der Waals surface area contributed by atoms with Crippen LogP contribution < -0.4 is 5.73 Å². The van der Waals surface area contributed by atoms with E-state index in [0.29, 0.717) is 25.1 Å². The molecule has 0 saturated heterocycles. The summed E-state index contributed by atoms with van der Waals surface area (Å²) in [5.74, 6) is -0.308. The second kappa shape index (κ2) is 8.93. The summed E-state index contributed by atoms with van der Waals surface area (Å²) >= 11 is 0. The Bertz CT molecular complexity index is 1070. The van der Waals surface area contributed by atoms with Gasteiger partial charge in [0.2, 0.25) is 5.91 Å². The number of benzene rings is 2. The van der Waals surface area contributed by atoms with Gasteiger partial charge in [0.05, 0.1) is 12.6 Å². The number of halogens is 2. The van der Waals surface area contributed by atoms with Gasteiger partial charge in [-0.05, 0) is 43.0 Å². The molecule has 1 aliphatic heterocycles. The maximum absolute atomic E-state index is 13.5. The normalized spacial score (nSPS) is 16.8. The molecule has 2 heterocycles. The van der Waals surface area contributed by atoms with E-state index in [1.807, 2.05) is 42.2 Å². The summed E-state index contributed by atoms with van der Waals surface area (Å²) in [7, 11) is 0. The van der Waals surface area contributed by atoms with E-state index in [-0.39, 0.29) is 24.8 Å². The summed E-state index contributed by atoms with van der Waals surface area (Å²) in [6.07, 6.45) is 1.11. The highest BCUT2D eigenvalue weighted by Gasteiger charge is 2.32. The third kappa shape index (κ3) is 4.80. The first kappa shape index (κ1) is 21.1.